The van der Waals surface area contributed by atoms with E-state index in [0.29, 0.717) is 6.54 Å². The fraction of sp³-hybridized carbons (Fsp3) is 0.588. The van der Waals surface area contributed by atoms with Crippen LogP contribution in [0.2, 0.25) is 0 Å². The molecule has 1 saturated heterocycles. The number of aromatic nitrogens is 4. The van der Waals surface area contributed by atoms with E-state index in [-0.39, 0.29) is 12.6 Å². The largest absolute Gasteiger partial charge is 0.394 e. The molecule has 1 atom stereocenters. The predicted octanol–water partition coefficient (Wildman–Crippen LogP) is 1.58. The van der Waals surface area contributed by atoms with Gasteiger partial charge in [-0.25, -0.2) is 15.0 Å². The summed E-state index contributed by atoms with van der Waals surface area (Å²) in [7, 11) is 0. The Bertz CT molecular complexity index is 677. The number of hydrogen-bond donors (Lipinski definition) is 2. The average molecular weight is 328 g/mol. The third-order valence-corrected chi connectivity index (χ3v) is 4.94. The molecule has 4 rings (SSSR count). The Morgan fingerprint density at radius 2 is 2.17 bits per heavy atom. The number of aliphatic hydroxyl groups excluding tert-OH is 1. The molecule has 4 heterocycles. The zero-order valence-electron chi connectivity index (χ0n) is 13.9. The van der Waals surface area contributed by atoms with Gasteiger partial charge in [-0.3, -0.25) is 0 Å². The minimum absolute atomic E-state index is 0.174. The summed E-state index contributed by atoms with van der Waals surface area (Å²) in [5.74, 6) is 2.88. The van der Waals surface area contributed by atoms with Gasteiger partial charge in [0.2, 0.25) is 0 Å². The monoisotopic (exact) mass is 328 g/mol. The van der Waals surface area contributed by atoms with Gasteiger partial charge in [0.15, 0.2) is 0 Å². The molecular weight excluding hydrogens is 304 g/mol. The quantitative estimate of drug-likeness (QED) is 0.868. The van der Waals surface area contributed by atoms with Crippen molar-refractivity contribution in [1.29, 1.82) is 0 Å². The maximum atomic E-state index is 9.49. The van der Waals surface area contributed by atoms with Crippen molar-refractivity contribution in [3.8, 4) is 0 Å². The number of aliphatic hydroxyl groups is 1. The molecule has 0 aliphatic carbocycles. The van der Waals surface area contributed by atoms with E-state index in [2.05, 4.69) is 30.9 Å². The lowest BCUT2D eigenvalue weighted by Gasteiger charge is -2.24. The Hall–Kier alpha value is -2.15. The van der Waals surface area contributed by atoms with Crippen LogP contribution in [-0.2, 0) is 19.5 Å². The molecule has 0 spiro atoms. The molecule has 0 aromatic carbocycles. The number of rotatable bonds is 5. The van der Waals surface area contributed by atoms with E-state index < -0.39 is 0 Å². The molecule has 0 radical (unpaired) electrons. The molecule has 0 bridgehead atoms. The highest BCUT2D eigenvalue weighted by Gasteiger charge is 2.25. The molecule has 0 saturated carbocycles. The van der Waals surface area contributed by atoms with Gasteiger partial charge in [0, 0.05) is 31.8 Å². The molecule has 7 nitrogen and oxygen atoms in total. The number of anilines is 2. The smallest absolute Gasteiger partial charge is 0.134 e. The van der Waals surface area contributed by atoms with Crippen LogP contribution in [0.5, 0.6) is 0 Å². The SMILES string of the molecule is OC[C@@H]1CCCN1c1cc(NCc2cn3c(n2)CCCC3)ncn1. The van der Waals surface area contributed by atoms with E-state index in [0.717, 1.165) is 49.7 Å². The third kappa shape index (κ3) is 3.08. The van der Waals surface area contributed by atoms with Gasteiger partial charge in [-0.2, -0.15) is 0 Å². The molecule has 2 N–H and O–H groups in total. The molecule has 2 aromatic rings. The number of nitrogens with one attached hydrogen (secondary N) is 1. The molecule has 128 valence electrons. The molecule has 24 heavy (non-hydrogen) atoms. The van der Waals surface area contributed by atoms with Crippen LogP contribution in [-0.4, -0.2) is 43.8 Å². The first-order chi connectivity index (χ1) is 11.8. The van der Waals surface area contributed by atoms with Gasteiger partial charge >= 0.3 is 0 Å². The van der Waals surface area contributed by atoms with Crippen LogP contribution in [0.1, 0.15) is 37.2 Å². The second-order valence-electron chi connectivity index (χ2n) is 6.59. The van der Waals surface area contributed by atoms with Crippen LogP contribution >= 0.6 is 0 Å². The second-order valence-corrected chi connectivity index (χ2v) is 6.59. The van der Waals surface area contributed by atoms with E-state index in [1.54, 1.807) is 6.33 Å². The van der Waals surface area contributed by atoms with E-state index >= 15 is 0 Å². The maximum Gasteiger partial charge on any atom is 0.134 e. The summed E-state index contributed by atoms with van der Waals surface area (Å²) in [6.45, 7) is 2.86. The minimum atomic E-state index is 0.174. The molecular formula is C17H24N6O. The lowest BCUT2D eigenvalue weighted by molar-refractivity contribution is 0.266. The summed E-state index contributed by atoms with van der Waals surface area (Å²) in [5, 5.41) is 12.8. The van der Waals surface area contributed by atoms with Crippen LogP contribution in [0.4, 0.5) is 11.6 Å². The van der Waals surface area contributed by atoms with Crippen molar-refractivity contribution >= 4 is 11.6 Å². The van der Waals surface area contributed by atoms with Gasteiger partial charge in [0.05, 0.1) is 24.9 Å². The fourth-order valence-corrected chi connectivity index (χ4v) is 3.67. The Balaban J connectivity index is 1.43. The van der Waals surface area contributed by atoms with Gasteiger partial charge in [-0.1, -0.05) is 0 Å². The highest BCUT2D eigenvalue weighted by Crippen LogP contribution is 2.24. The van der Waals surface area contributed by atoms with Crippen LogP contribution in [0.25, 0.3) is 0 Å². The Morgan fingerprint density at radius 3 is 3.04 bits per heavy atom. The lowest BCUT2D eigenvalue weighted by atomic mass is 10.2. The van der Waals surface area contributed by atoms with Gasteiger partial charge < -0.3 is 19.9 Å². The fourth-order valence-electron chi connectivity index (χ4n) is 3.67. The van der Waals surface area contributed by atoms with Crippen molar-refractivity contribution in [3.63, 3.8) is 0 Å². The van der Waals surface area contributed by atoms with Gasteiger partial charge in [-0.15, -0.1) is 0 Å². The van der Waals surface area contributed by atoms with Crippen molar-refractivity contribution in [2.45, 2.75) is 51.2 Å². The molecule has 2 aliphatic rings. The Kier molecular flexibility index (Phi) is 4.34. The summed E-state index contributed by atoms with van der Waals surface area (Å²) < 4.78 is 2.27. The minimum Gasteiger partial charge on any atom is -0.394 e. The van der Waals surface area contributed by atoms with E-state index in [9.17, 15) is 5.11 Å². The Labute approximate surface area is 141 Å². The van der Waals surface area contributed by atoms with Crippen molar-refractivity contribution < 1.29 is 5.11 Å². The van der Waals surface area contributed by atoms with E-state index in [4.69, 9.17) is 4.98 Å². The van der Waals surface area contributed by atoms with Gasteiger partial charge in [0.1, 0.15) is 23.8 Å². The number of nitrogens with zero attached hydrogens (tertiary/aromatic N) is 5. The van der Waals surface area contributed by atoms with Crippen molar-refractivity contribution in [2.24, 2.45) is 0 Å². The van der Waals surface area contributed by atoms with Crippen molar-refractivity contribution in [1.82, 2.24) is 19.5 Å². The van der Waals surface area contributed by atoms with Crippen LogP contribution in [0.15, 0.2) is 18.6 Å². The molecule has 1 fully saturated rings. The summed E-state index contributed by atoms with van der Waals surface area (Å²) in [5.41, 5.74) is 1.06. The Morgan fingerprint density at radius 1 is 1.21 bits per heavy atom. The van der Waals surface area contributed by atoms with Gasteiger partial charge in [-0.05, 0) is 25.7 Å². The molecule has 2 aliphatic heterocycles. The van der Waals surface area contributed by atoms with Crippen molar-refractivity contribution in [3.05, 3.63) is 30.1 Å². The maximum absolute atomic E-state index is 9.49. The highest BCUT2D eigenvalue weighted by atomic mass is 16.3. The van der Waals surface area contributed by atoms with E-state index in [1.165, 1.54) is 18.7 Å². The zero-order valence-corrected chi connectivity index (χ0v) is 13.9. The first-order valence-corrected chi connectivity index (χ1v) is 8.82. The number of hydrogen-bond acceptors (Lipinski definition) is 6. The van der Waals surface area contributed by atoms with Crippen LogP contribution in [0.3, 0.4) is 0 Å². The molecule has 0 unspecified atom stereocenters. The first-order valence-electron chi connectivity index (χ1n) is 8.82. The second kappa shape index (κ2) is 6.76. The van der Waals surface area contributed by atoms with Crippen LogP contribution in [0, 0.1) is 0 Å². The third-order valence-electron chi connectivity index (χ3n) is 4.94. The lowest BCUT2D eigenvalue weighted by Crippen LogP contribution is -2.32. The molecule has 7 heteroatoms. The average Bonchev–Trinajstić information content (AvgIpc) is 3.26. The summed E-state index contributed by atoms with van der Waals surface area (Å²) in [6.07, 6.45) is 9.40. The number of fused-ring (bicyclic) bond motifs is 1. The highest BCUT2D eigenvalue weighted by molar-refractivity contribution is 5.50. The normalized spacial score (nSPS) is 20.2. The summed E-state index contributed by atoms with van der Waals surface area (Å²) in [4.78, 5) is 15.6. The standard InChI is InChI=1S/C17H24N6O/c24-11-14-4-3-7-23(14)17-8-15(19-12-20-17)18-9-13-10-22-6-2-1-5-16(22)21-13/h8,10,12,14,24H,1-7,9,11H2,(H,18,19,20)/t14-/m0/s1. The van der Waals surface area contributed by atoms with Crippen molar-refractivity contribution in [2.75, 3.05) is 23.4 Å². The van der Waals surface area contributed by atoms with Gasteiger partial charge in [0.25, 0.3) is 0 Å². The summed E-state index contributed by atoms with van der Waals surface area (Å²) >= 11 is 0. The zero-order chi connectivity index (χ0) is 16.4. The number of imidazole rings is 1. The first kappa shape index (κ1) is 15.4. The topological polar surface area (TPSA) is 79.1 Å². The predicted molar refractivity (Wildman–Crippen MR) is 92.0 cm³/mol. The summed E-state index contributed by atoms with van der Waals surface area (Å²) in [6, 6.07) is 2.14. The molecule has 0 amide bonds. The van der Waals surface area contributed by atoms with Crippen LogP contribution < -0.4 is 10.2 Å². The van der Waals surface area contributed by atoms with E-state index in [1.807, 2.05) is 6.07 Å². The molecule has 2 aromatic heterocycles. The number of aryl methyl sites for hydroxylation is 2.